The zero-order valence-corrected chi connectivity index (χ0v) is 18.6. The quantitative estimate of drug-likeness (QED) is 0.554. The van der Waals surface area contributed by atoms with Gasteiger partial charge in [-0.3, -0.25) is 15.6 Å². The van der Waals surface area contributed by atoms with Gasteiger partial charge in [0.1, 0.15) is 5.52 Å². The lowest BCUT2D eigenvalue weighted by molar-refractivity contribution is 0.0962. The largest absolute Gasteiger partial charge is 0.273 e. The van der Waals surface area contributed by atoms with Gasteiger partial charge in [0.15, 0.2) is 0 Å². The topological polar surface area (TPSA) is 91.4 Å². The van der Waals surface area contributed by atoms with Crippen LogP contribution in [0, 0.1) is 5.92 Å². The first-order valence-corrected chi connectivity index (χ1v) is 12.2. The molecule has 1 aliphatic rings. The number of benzene rings is 2. The van der Waals surface area contributed by atoms with Crippen molar-refractivity contribution in [2.24, 2.45) is 5.92 Å². The van der Waals surface area contributed by atoms with Crippen LogP contribution in [0.1, 0.15) is 30.1 Å². The van der Waals surface area contributed by atoms with E-state index < -0.39 is 15.9 Å². The number of amides is 1. The van der Waals surface area contributed by atoms with E-state index in [-0.39, 0.29) is 4.90 Å². The number of piperidine rings is 1. The summed E-state index contributed by atoms with van der Waals surface area (Å²) in [6.45, 7) is 3.19. The lowest BCUT2D eigenvalue weighted by Crippen LogP contribution is -2.37. The molecular formula is C20H21ClN4O3S2. The number of anilines is 1. The molecule has 1 aliphatic heterocycles. The smallest absolute Gasteiger partial charge is 0.269 e. The molecule has 0 saturated carbocycles. The van der Waals surface area contributed by atoms with Crippen molar-refractivity contribution in [1.82, 2.24) is 14.7 Å². The fourth-order valence-corrected chi connectivity index (χ4v) is 5.89. The lowest BCUT2D eigenvalue weighted by atomic mass is 10.0. The van der Waals surface area contributed by atoms with Gasteiger partial charge >= 0.3 is 0 Å². The van der Waals surface area contributed by atoms with Crippen molar-refractivity contribution in [2.75, 3.05) is 18.5 Å². The summed E-state index contributed by atoms with van der Waals surface area (Å²) < 4.78 is 28.0. The summed E-state index contributed by atoms with van der Waals surface area (Å²) in [5.41, 5.74) is 6.37. The Hall–Kier alpha value is -2.20. The van der Waals surface area contributed by atoms with Gasteiger partial charge in [0, 0.05) is 18.7 Å². The van der Waals surface area contributed by atoms with Gasteiger partial charge in [-0.05, 0) is 55.2 Å². The van der Waals surface area contributed by atoms with Gasteiger partial charge in [-0.25, -0.2) is 13.4 Å². The summed E-state index contributed by atoms with van der Waals surface area (Å²) >= 11 is 7.48. The molecule has 1 amide bonds. The van der Waals surface area contributed by atoms with Gasteiger partial charge in [0.05, 0.1) is 14.6 Å². The first-order chi connectivity index (χ1) is 14.3. The summed E-state index contributed by atoms with van der Waals surface area (Å²) in [6, 6.07) is 11.4. The fourth-order valence-electron chi connectivity index (χ4n) is 3.30. The van der Waals surface area contributed by atoms with Crippen molar-refractivity contribution < 1.29 is 13.2 Å². The molecule has 10 heteroatoms. The molecule has 1 fully saturated rings. The second-order valence-electron chi connectivity index (χ2n) is 7.30. The number of rotatable bonds is 5. The number of hydrogen-bond donors (Lipinski definition) is 2. The van der Waals surface area contributed by atoms with Gasteiger partial charge in [0.2, 0.25) is 15.2 Å². The van der Waals surface area contributed by atoms with Crippen LogP contribution >= 0.6 is 22.9 Å². The number of nitrogens with zero attached hydrogens (tertiary/aromatic N) is 2. The van der Waals surface area contributed by atoms with Crippen LogP contribution in [-0.2, 0) is 10.0 Å². The van der Waals surface area contributed by atoms with Crippen molar-refractivity contribution in [2.45, 2.75) is 24.7 Å². The Labute approximate surface area is 184 Å². The molecule has 2 N–H and O–H groups in total. The highest BCUT2D eigenvalue weighted by molar-refractivity contribution is 7.89. The normalized spacial score (nSPS) is 15.9. The number of sulfonamides is 1. The van der Waals surface area contributed by atoms with Crippen LogP contribution in [0.5, 0.6) is 0 Å². The maximum atomic E-state index is 12.8. The molecule has 2 aromatic carbocycles. The molecule has 7 nitrogen and oxygen atoms in total. The van der Waals surface area contributed by atoms with Gasteiger partial charge in [-0.15, -0.1) is 0 Å². The number of para-hydroxylation sites is 1. The Kier molecular flexibility index (Phi) is 5.97. The van der Waals surface area contributed by atoms with Crippen molar-refractivity contribution in [3.8, 4) is 0 Å². The second-order valence-corrected chi connectivity index (χ2v) is 10.7. The first-order valence-electron chi connectivity index (χ1n) is 9.56. The number of hydrogen-bond acceptors (Lipinski definition) is 6. The van der Waals surface area contributed by atoms with E-state index in [9.17, 15) is 13.2 Å². The van der Waals surface area contributed by atoms with E-state index >= 15 is 0 Å². The highest BCUT2D eigenvalue weighted by atomic mass is 35.5. The van der Waals surface area contributed by atoms with Crippen LogP contribution in [0.4, 0.5) is 5.13 Å². The predicted molar refractivity (Wildman–Crippen MR) is 119 cm³/mol. The number of hydrazine groups is 1. The van der Waals surface area contributed by atoms with Crippen LogP contribution in [0.2, 0.25) is 5.02 Å². The summed E-state index contributed by atoms with van der Waals surface area (Å²) in [5.74, 6) is 0.151. The first kappa shape index (κ1) is 21.0. The minimum absolute atomic E-state index is 0.197. The van der Waals surface area contributed by atoms with Gasteiger partial charge in [-0.1, -0.05) is 35.9 Å². The molecule has 0 aliphatic carbocycles. The zero-order chi connectivity index (χ0) is 21.3. The molecule has 0 atom stereocenters. The van der Waals surface area contributed by atoms with E-state index in [1.807, 2.05) is 12.1 Å². The van der Waals surface area contributed by atoms with Gasteiger partial charge in [-0.2, -0.15) is 4.31 Å². The van der Waals surface area contributed by atoms with Crippen LogP contribution in [0.25, 0.3) is 10.2 Å². The molecule has 0 radical (unpaired) electrons. The van der Waals surface area contributed by atoms with Gasteiger partial charge < -0.3 is 0 Å². The molecule has 1 aromatic heterocycles. The predicted octanol–water partition coefficient (Wildman–Crippen LogP) is 4.13. The molecule has 0 unspecified atom stereocenters. The van der Waals surface area contributed by atoms with Crippen molar-refractivity contribution >= 4 is 54.2 Å². The SMILES string of the molecule is CC1CCN(S(=O)(=O)c2ccc(C(=O)NNc3nc4c(Cl)cccc4s3)cc2)CC1. The molecule has 3 aromatic rings. The molecule has 4 rings (SSSR count). The Morgan fingerprint density at radius 2 is 1.87 bits per heavy atom. The molecule has 30 heavy (non-hydrogen) atoms. The number of thiazole rings is 1. The minimum Gasteiger partial charge on any atom is -0.273 e. The molecule has 2 heterocycles. The highest BCUT2D eigenvalue weighted by Gasteiger charge is 2.28. The van der Waals surface area contributed by atoms with E-state index in [0.29, 0.717) is 40.2 Å². The zero-order valence-electron chi connectivity index (χ0n) is 16.3. The van der Waals surface area contributed by atoms with Gasteiger partial charge in [0.25, 0.3) is 5.91 Å². The number of carbonyl (C=O) groups is 1. The van der Waals surface area contributed by atoms with Crippen LogP contribution in [0.3, 0.4) is 0 Å². The molecule has 0 spiro atoms. The van der Waals surface area contributed by atoms with Crippen molar-refractivity contribution in [3.05, 3.63) is 53.1 Å². The Morgan fingerprint density at radius 3 is 2.53 bits per heavy atom. The second kappa shape index (κ2) is 8.50. The maximum Gasteiger partial charge on any atom is 0.269 e. The van der Waals surface area contributed by atoms with Crippen LogP contribution in [0.15, 0.2) is 47.4 Å². The van der Waals surface area contributed by atoms with E-state index in [0.717, 1.165) is 17.5 Å². The van der Waals surface area contributed by atoms with E-state index in [4.69, 9.17) is 11.6 Å². The summed E-state index contributed by atoms with van der Waals surface area (Å²) in [7, 11) is -3.54. The number of aromatic nitrogens is 1. The van der Waals surface area contributed by atoms with Crippen LogP contribution in [-0.4, -0.2) is 36.7 Å². The third-order valence-corrected chi connectivity index (χ3v) is 8.30. The van der Waals surface area contributed by atoms with Crippen LogP contribution < -0.4 is 10.9 Å². The Balaban J connectivity index is 1.41. The standard InChI is InChI=1S/C20H21ClN4O3S2/c1-13-9-11-25(12-10-13)30(27,28)15-7-5-14(6-8-15)19(26)23-24-20-22-18-16(21)3-2-4-17(18)29-20/h2-8,13H,9-12H2,1H3,(H,22,24)(H,23,26). The molecule has 0 bridgehead atoms. The highest BCUT2D eigenvalue weighted by Crippen LogP contribution is 2.30. The summed E-state index contributed by atoms with van der Waals surface area (Å²) in [4.78, 5) is 17.0. The molecule has 1 saturated heterocycles. The average molecular weight is 465 g/mol. The molecular weight excluding hydrogens is 444 g/mol. The number of halogens is 1. The Morgan fingerprint density at radius 1 is 1.17 bits per heavy atom. The fraction of sp³-hybridized carbons (Fsp3) is 0.300. The number of carbonyl (C=O) groups excluding carboxylic acids is 1. The Bertz CT molecular complexity index is 1170. The van der Waals surface area contributed by atoms with Crippen molar-refractivity contribution in [3.63, 3.8) is 0 Å². The van der Waals surface area contributed by atoms with E-state index in [2.05, 4.69) is 22.8 Å². The molecule has 158 valence electrons. The van der Waals surface area contributed by atoms with Crippen molar-refractivity contribution in [1.29, 1.82) is 0 Å². The van der Waals surface area contributed by atoms with E-state index in [1.165, 1.54) is 39.9 Å². The van der Waals surface area contributed by atoms with E-state index in [1.54, 1.807) is 6.07 Å². The third-order valence-electron chi connectivity index (χ3n) is 5.15. The summed E-state index contributed by atoms with van der Waals surface area (Å²) in [5, 5.41) is 1.05. The third kappa shape index (κ3) is 4.29. The number of fused-ring (bicyclic) bond motifs is 1. The monoisotopic (exact) mass is 464 g/mol. The number of nitrogens with one attached hydrogen (secondary N) is 2. The minimum atomic E-state index is -3.54. The summed E-state index contributed by atoms with van der Waals surface area (Å²) in [6.07, 6.45) is 1.73. The lowest BCUT2D eigenvalue weighted by Gasteiger charge is -2.29. The average Bonchev–Trinajstić information content (AvgIpc) is 3.17. The maximum absolute atomic E-state index is 12.8.